The quantitative estimate of drug-likeness (QED) is 0.638. The number of carboxylic acids is 1. The fourth-order valence-electron chi connectivity index (χ4n) is 4.82. The van der Waals surface area contributed by atoms with Gasteiger partial charge in [0.1, 0.15) is 4.88 Å². The monoisotopic (exact) mass is 443 g/mol. The lowest BCUT2D eigenvalue weighted by Crippen LogP contribution is -2.47. The number of aliphatic hydroxyl groups is 1. The summed E-state index contributed by atoms with van der Waals surface area (Å²) < 4.78 is 0. The smallest absolute Gasteiger partial charge is 0.348 e. The summed E-state index contributed by atoms with van der Waals surface area (Å²) in [6.07, 6.45) is 8.34. The first-order valence-electron chi connectivity index (χ1n) is 11.7. The molecule has 0 unspecified atom stereocenters. The number of rotatable bonds is 4. The second-order valence-electron chi connectivity index (χ2n) is 10.1. The van der Waals surface area contributed by atoms with Gasteiger partial charge in [0.25, 0.3) is 0 Å². The molecule has 0 bridgehead atoms. The summed E-state index contributed by atoms with van der Waals surface area (Å²) in [6, 6.07) is 1.76. The van der Waals surface area contributed by atoms with Crippen LogP contribution in [0.2, 0.25) is 0 Å². The van der Waals surface area contributed by atoms with Gasteiger partial charge >= 0.3 is 5.97 Å². The van der Waals surface area contributed by atoms with E-state index in [1.807, 2.05) is 6.07 Å². The van der Waals surface area contributed by atoms with Crippen molar-refractivity contribution in [2.75, 3.05) is 4.90 Å². The van der Waals surface area contributed by atoms with Gasteiger partial charge in [-0.2, -0.15) is 0 Å². The van der Waals surface area contributed by atoms with Crippen molar-refractivity contribution in [3.63, 3.8) is 0 Å². The Kier molecular flexibility index (Phi) is 6.46. The number of nitrogens with zero attached hydrogens (tertiary/aromatic N) is 1. The Hall–Kier alpha value is -1.84. The molecular weight excluding hydrogens is 410 g/mol. The normalized spacial score (nSPS) is 29.5. The molecule has 31 heavy (non-hydrogen) atoms. The first kappa shape index (κ1) is 22.4. The van der Waals surface area contributed by atoms with E-state index >= 15 is 0 Å². The summed E-state index contributed by atoms with van der Waals surface area (Å²) in [7, 11) is 0. The van der Waals surface area contributed by atoms with Crippen LogP contribution in [0.15, 0.2) is 6.07 Å². The van der Waals surface area contributed by atoms with E-state index in [1.54, 1.807) is 4.90 Å². The van der Waals surface area contributed by atoms with Crippen molar-refractivity contribution in [1.29, 1.82) is 0 Å². The van der Waals surface area contributed by atoms with Crippen molar-refractivity contribution >= 4 is 28.9 Å². The Morgan fingerprint density at radius 1 is 1.10 bits per heavy atom. The first-order valence-corrected chi connectivity index (χ1v) is 12.5. The molecule has 1 aromatic rings. The van der Waals surface area contributed by atoms with E-state index in [-0.39, 0.29) is 34.3 Å². The molecule has 1 heterocycles. The molecule has 0 aromatic carbocycles. The van der Waals surface area contributed by atoms with E-state index in [0.717, 1.165) is 38.5 Å². The van der Waals surface area contributed by atoms with Gasteiger partial charge in [0.2, 0.25) is 5.91 Å². The number of hydrogen-bond acceptors (Lipinski definition) is 4. The number of carboxylic acid groups (broad SMARTS) is 1. The van der Waals surface area contributed by atoms with Crippen molar-refractivity contribution in [3.05, 3.63) is 15.8 Å². The third-order valence-corrected chi connectivity index (χ3v) is 8.32. The highest BCUT2D eigenvalue weighted by molar-refractivity contribution is 7.15. The van der Waals surface area contributed by atoms with Crippen molar-refractivity contribution in [2.45, 2.75) is 90.2 Å². The first-order chi connectivity index (χ1) is 14.8. The van der Waals surface area contributed by atoms with Crippen LogP contribution in [0.25, 0.3) is 0 Å². The van der Waals surface area contributed by atoms with Crippen LogP contribution >= 0.6 is 11.3 Å². The van der Waals surface area contributed by atoms with Crippen LogP contribution in [0.3, 0.4) is 0 Å². The highest BCUT2D eigenvalue weighted by atomic mass is 32.1. The molecule has 2 N–H and O–H groups in total. The van der Waals surface area contributed by atoms with Crippen molar-refractivity contribution in [3.8, 4) is 11.8 Å². The van der Waals surface area contributed by atoms with Crippen LogP contribution < -0.4 is 4.90 Å². The molecule has 3 aliphatic rings. The van der Waals surface area contributed by atoms with Gasteiger partial charge in [-0.15, -0.1) is 11.3 Å². The van der Waals surface area contributed by atoms with E-state index in [1.165, 1.54) is 11.3 Å². The number of thiophene rings is 1. The predicted molar refractivity (Wildman–Crippen MR) is 122 cm³/mol. The molecular formula is C25H33NO4S. The highest BCUT2D eigenvalue weighted by Gasteiger charge is 2.38. The summed E-state index contributed by atoms with van der Waals surface area (Å²) in [5, 5.41) is 19.9. The highest BCUT2D eigenvalue weighted by Crippen LogP contribution is 2.44. The molecule has 0 radical (unpaired) electrons. The largest absolute Gasteiger partial charge is 0.477 e. The number of aromatic carboxylic acids is 1. The summed E-state index contributed by atoms with van der Waals surface area (Å²) >= 11 is 1.18. The van der Waals surface area contributed by atoms with Crippen LogP contribution in [-0.4, -0.2) is 34.2 Å². The summed E-state index contributed by atoms with van der Waals surface area (Å²) in [4.78, 5) is 28.6. The summed E-state index contributed by atoms with van der Waals surface area (Å²) in [6.45, 7) is 4.35. The van der Waals surface area contributed by atoms with Crippen molar-refractivity contribution < 1.29 is 19.8 Å². The van der Waals surface area contributed by atoms with E-state index in [4.69, 9.17) is 0 Å². The number of hydrogen-bond donors (Lipinski definition) is 2. The Labute approximate surface area is 188 Å². The topological polar surface area (TPSA) is 77.8 Å². The van der Waals surface area contributed by atoms with Gasteiger partial charge in [-0.05, 0) is 83.1 Å². The van der Waals surface area contributed by atoms with E-state index in [9.17, 15) is 19.8 Å². The zero-order chi connectivity index (χ0) is 22.2. The minimum atomic E-state index is -1.00. The molecule has 0 atom stereocenters. The Morgan fingerprint density at radius 3 is 2.32 bits per heavy atom. The molecule has 3 fully saturated rings. The summed E-state index contributed by atoms with van der Waals surface area (Å²) in [5.41, 5.74) is 0.564. The van der Waals surface area contributed by atoms with Gasteiger partial charge < -0.3 is 15.1 Å². The molecule has 168 valence electrons. The standard InChI is InChI=1S/C25H33NO4S/c1-16-3-5-17(6-4-16)23(28)26(18-7-9-19(27)10-8-18)21-15-20(31-22(21)24(29)30)11-12-25(2)13-14-25/h15-19,27H,3-10,13-14H2,1-2H3,(H,29,30). The number of carbonyl (C=O) groups excluding carboxylic acids is 1. The molecule has 1 amide bonds. The van der Waals surface area contributed by atoms with E-state index in [0.29, 0.717) is 42.2 Å². The van der Waals surface area contributed by atoms with Crippen LogP contribution in [0.5, 0.6) is 0 Å². The molecule has 4 rings (SSSR count). The van der Waals surface area contributed by atoms with Crippen molar-refractivity contribution in [1.82, 2.24) is 0 Å². The zero-order valence-corrected chi connectivity index (χ0v) is 19.3. The van der Waals surface area contributed by atoms with Crippen LogP contribution in [0.1, 0.15) is 92.6 Å². The Balaban J connectivity index is 1.68. The van der Waals surface area contributed by atoms with Crippen LogP contribution in [-0.2, 0) is 4.79 Å². The lowest BCUT2D eigenvalue weighted by atomic mass is 9.81. The maximum absolute atomic E-state index is 13.7. The maximum atomic E-state index is 13.7. The van der Waals surface area contributed by atoms with Crippen LogP contribution in [0.4, 0.5) is 5.69 Å². The molecule has 5 nitrogen and oxygen atoms in total. The molecule has 0 spiro atoms. The average Bonchev–Trinajstić information content (AvgIpc) is 3.33. The zero-order valence-electron chi connectivity index (χ0n) is 18.5. The fraction of sp³-hybridized carbons (Fsp3) is 0.680. The number of aliphatic hydroxyl groups excluding tert-OH is 1. The SMILES string of the molecule is CC1CCC(C(=O)N(c2cc(C#CC3(C)CC3)sc2C(=O)O)C2CCC(O)CC2)CC1. The number of carbonyl (C=O) groups is 2. The second-order valence-corrected chi connectivity index (χ2v) is 11.1. The maximum Gasteiger partial charge on any atom is 0.348 e. The summed E-state index contributed by atoms with van der Waals surface area (Å²) in [5.74, 6) is 6.11. The minimum Gasteiger partial charge on any atom is -0.477 e. The van der Waals surface area contributed by atoms with E-state index < -0.39 is 5.97 Å². The lowest BCUT2D eigenvalue weighted by Gasteiger charge is -2.38. The minimum absolute atomic E-state index is 0.0514. The molecule has 0 saturated heterocycles. The third kappa shape index (κ3) is 5.15. The van der Waals surface area contributed by atoms with Gasteiger partial charge in [0.05, 0.1) is 16.7 Å². The lowest BCUT2D eigenvalue weighted by molar-refractivity contribution is -0.124. The van der Waals surface area contributed by atoms with Gasteiger partial charge in [0, 0.05) is 17.4 Å². The Bertz CT molecular complexity index is 890. The second kappa shape index (κ2) is 8.96. The van der Waals surface area contributed by atoms with Gasteiger partial charge in [-0.25, -0.2) is 4.79 Å². The molecule has 1 aromatic heterocycles. The third-order valence-electron chi connectivity index (χ3n) is 7.29. The van der Waals surface area contributed by atoms with Crippen molar-refractivity contribution in [2.24, 2.45) is 17.3 Å². The van der Waals surface area contributed by atoms with E-state index in [2.05, 4.69) is 25.7 Å². The van der Waals surface area contributed by atoms with Crippen LogP contribution in [0, 0.1) is 29.1 Å². The van der Waals surface area contributed by atoms with Gasteiger partial charge in [-0.3, -0.25) is 4.79 Å². The molecule has 3 saturated carbocycles. The molecule has 6 heteroatoms. The molecule has 0 aliphatic heterocycles. The number of anilines is 1. The average molecular weight is 444 g/mol. The predicted octanol–water partition coefficient (Wildman–Crippen LogP) is 5.06. The fourth-order valence-corrected chi connectivity index (χ4v) is 5.66. The number of amides is 1. The Morgan fingerprint density at radius 2 is 1.74 bits per heavy atom. The van der Waals surface area contributed by atoms with Gasteiger partial charge in [0.15, 0.2) is 0 Å². The molecule has 3 aliphatic carbocycles. The van der Waals surface area contributed by atoms with Gasteiger partial charge in [-0.1, -0.05) is 18.8 Å².